The lowest BCUT2D eigenvalue weighted by molar-refractivity contribution is -0.116. The molecule has 0 radical (unpaired) electrons. The van der Waals surface area contributed by atoms with Crippen molar-refractivity contribution in [3.05, 3.63) is 112 Å². The lowest BCUT2D eigenvalue weighted by Gasteiger charge is -2.18. The summed E-state index contributed by atoms with van der Waals surface area (Å²) in [6.07, 6.45) is 0. The fraction of sp³-hybridized carbons (Fsp3) is 0.111. The molecule has 1 N–H and O–H groups in total. The van der Waals surface area contributed by atoms with E-state index < -0.39 is 11.9 Å². The van der Waals surface area contributed by atoms with Crippen molar-refractivity contribution in [2.24, 2.45) is 0 Å². The number of amides is 1. The number of hydrogen-bond acceptors (Lipinski definition) is 4. The normalized spacial score (nSPS) is 10.8. The predicted octanol–water partition coefficient (Wildman–Crippen LogP) is 6.93. The van der Waals surface area contributed by atoms with Crippen LogP contribution in [0.5, 0.6) is 0 Å². The van der Waals surface area contributed by atoms with E-state index in [9.17, 15) is 9.59 Å². The smallest absolute Gasteiger partial charge is 0.341 e. The molecule has 0 bridgehead atoms. The second-order valence-electron chi connectivity index (χ2n) is 7.48. The molecule has 0 aliphatic carbocycles. The number of thiophene rings is 1. The number of ether oxygens (including phenoxy) is 1. The third kappa shape index (κ3) is 4.85. The van der Waals surface area contributed by atoms with E-state index >= 15 is 0 Å². The summed E-state index contributed by atoms with van der Waals surface area (Å²) in [6.45, 7) is 1.91. The Kier molecular flexibility index (Phi) is 6.92. The zero-order valence-electron chi connectivity index (χ0n) is 18.2. The molecule has 0 fully saturated rings. The van der Waals surface area contributed by atoms with E-state index in [-0.39, 0.29) is 5.91 Å². The van der Waals surface area contributed by atoms with Gasteiger partial charge in [0.2, 0.25) is 5.91 Å². The maximum Gasteiger partial charge on any atom is 0.341 e. The number of hydrogen-bond donors (Lipinski definition) is 1. The van der Waals surface area contributed by atoms with Crippen LogP contribution in [0.25, 0.3) is 11.1 Å². The van der Waals surface area contributed by atoms with E-state index in [0.717, 1.165) is 21.6 Å². The summed E-state index contributed by atoms with van der Waals surface area (Å²) in [7, 11) is 1.33. The Morgan fingerprint density at radius 3 is 2.06 bits per heavy atom. The highest BCUT2D eigenvalue weighted by molar-refractivity contribution is 7.17. The number of nitrogens with one attached hydrogen (secondary N) is 1. The third-order valence-corrected chi connectivity index (χ3v) is 6.61. The van der Waals surface area contributed by atoms with E-state index in [4.69, 9.17) is 16.3 Å². The van der Waals surface area contributed by atoms with E-state index in [1.54, 1.807) is 12.1 Å². The Bertz CT molecular complexity index is 1250. The molecule has 33 heavy (non-hydrogen) atoms. The maximum atomic E-state index is 13.6. The highest BCUT2D eigenvalue weighted by Gasteiger charge is 2.28. The van der Waals surface area contributed by atoms with Gasteiger partial charge in [0.15, 0.2) is 0 Å². The van der Waals surface area contributed by atoms with Crippen molar-refractivity contribution in [2.75, 3.05) is 12.4 Å². The molecule has 1 amide bonds. The molecule has 0 unspecified atom stereocenters. The van der Waals surface area contributed by atoms with Crippen LogP contribution in [-0.2, 0) is 9.53 Å². The molecule has 0 saturated heterocycles. The van der Waals surface area contributed by atoms with Gasteiger partial charge in [0.25, 0.3) is 0 Å². The van der Waals surface area contributed by atoms with Gasteiger partial charge in [-0.25, -0.2) is 4.79 Å². The van der Waals surface area contributed by atoms with E-state index in [0.29, 0.717) is 21.2 Å². The molecule has 6 heteroatoms. The summed E-state index contributed by atoms with van der Waals surface area (Å²) in [5.41, 5.74) is 3.56. The number of carbonyl (C=O) groups is 2. The van der Waals surface area contributed by atoms with Crippen LogP contribution < -0.4 is 5.32 Å². The van der Waals surface area contributed by atoms with Gasteiger partial charge >= 0.3 is 5.97 Å². The van der Waals surface area contributed by atoms with Gasteiger partial charge in [-0.1, -0.05) is 84.4 Å². The van der Waals surface area contributed by atoms with Gasteiger partial charge in [0.1, 0.15) is 10.6 Å². The molecular formula is C27H22ClNO3S. The molecule has 3 aromatic carbocycles. The molecule has 0 saturated carbocycles. The van der Waals surface area contributed by atoms with Gasteiger partial charge in [0.05, 0.1) is 13.0 Å². The molecule has 4 nitrogen and oxygen atoms in total. The Morgan fingerprint density at radius 2 is 1.52 bits per heavy atom. The molecule has 1 heterocycles. The SMILES string of the molecule is COC(=O)c1c(NC(=O)C(c2ccccc2)c2ccccc2)sc(C)c1-c1cccc(Cl)c1. The van der Waals surface area contributed by atoms with Crippen LogP contribution in [0.15, 0.2) is 84.9 Å². The number of carbonyl (C=O) groups excluding carboxylic acids is 2. The van der Waals surface area contributed by atoms with Crippen molar-refractivity contribution in [1.29, 1.82) is 0 Å². The van der Waals surface area contributed by atoms with Crippen LogP contribution in [-0.4, -0.2) is 19.0 Å². The number of benzene rings is 3. The summed E-state index contributed by atoms with van der Waals surface area (Å²) < 4.78 is 5.08. The molecule has 1 aromatic heterocycles. The Balaban J connectivity index is 1.78. The number of aryl methyl sites for hydroxylation is 1. The Morgan fingerprint density at radius 1 is 0.909 bits per heavy atom. The molecule has 0 atom stereocenters. The zero-order chi connectivity index (χ0) is 23.4. The second-order valence-corrected chi connectivity index (χ2v) is 9.14. The number of methoxy groups -OCH3 is 1. The molecule has 0 aliphatic heterocycles. The standard InChI is InChI=1S/C27H22ClNO3S/c1-17-22(20-14-9-15-21(28)16-20)24(27(31)32-2)26(33-17)29-25(30)23(18-10-5-3-6-11-18)19-12-7-4-8-13-19/h3-16,23H,1-2H3,(H,29,30). The summed E-state index contributed by atoms with van der Waals surface area (Å²) in [5, 5.41) is 4.03. The van der Waals surface area contributed by atoms with Crippen LogP contribution >= 0.6 is 22.9 Å². The van der Waals surface area contributed by atoms with E-state index in [1.165, 1.54) is 18.4 Å². The summed E-state index contributed by atoms with van der Waals surface area (Å²) in [4.78, 5) is 27.3. The van der Waals surface area contributed by atoms with Crippen molar-refractivity contribution in [3.63, 3.8) is 0 Å². The molecular weight excluding hydrogens is 454 g/mol. The fourth-order valence-corrected chi connectivity index (χ4v) is 5.15. The Hall–Kier alpha value is -3.41. The lowest BCUT2D eigenvalue weighted by atomic mass is 9.90. The van der Waals surface area contributed by atoms with Crippen molar-refractivity contribution in [1.82, 2.24) is 0 Å². The first-order valence-corrected chi connectivity index (χ1v) is 11.6. The molecule has 4 rings (SSSR count). The summed E-state index contributed by atoms with van der Waals surface area (Å²) in [6, 6.07) is 26.5. The zero-order valence-corrected chi connectivity index (χ0v) is 19.7. The third-order valence-electron chi connectivity index (χ3n) is 5.35. The fourth-order valence-electron chi connectivity index (χ4n) is 3.89. The average molecular weight is 476 g/mol. The highest BCUT2D eigenvalue weighted by Crippen LogP contribution is 2.41. The summed E-state index contributed by atoms with van der Waals surface area (Å²) >= 11 is 7.54. The topological polar surface area (TPSA) is 55.4 Å². The van der Waals surface area contributed by atoms with Gasteiger partial charge in [-0.2, -0.15) is 0 Å². The minimum atomic E-state index is -0.532. The Labute approximate surface area is 201 Å². The van der Waals surface area contributed by atoms with Gasteiger partial charge in [-0.3, -0.25) is 4.79 Å². The number of rotatable bonds is 6. The largest absolute Gasteiger partial charge is 0.465 e. The second kappa shape index (κ2) is 10.0. The first kappa shape index (κ1) is 22.8. The van der Waals surface area contributed by atoms with Gasteiger partial charge in [0, 0.05) is 15.5 Å². The minimum absolute atomic E-state index is 0.226. The first-order chi connectivity index (χ1) is 16.0. The number of esters is 1. The summed E-state index contributed by atoms with van der Waals surface area (Å²) in [5.74, 6) is -1.27. The van der Waals surface area contributed by atoms with Gasteiger partial charge < -0.3 is 10.1 Å². The van der Waals surface area contributed by atoms with Gasteiger partial charge in [-0.15, -0.1) is 11.3 Å². The molecule has 4 aromatic rings. The quantitative estimate of drug-likeness (QED) is 0.307. The highest BCUT2D eigenvalue weighted by atomic mass is 35.5. The van der Waals surface area contributed by atoms with Crippen LogP contribution in [0.2, 0.25) is 5.02 Å². The lowest BCUT2D eigenvalue weighted by Crippen LogP contribution is -2.23. The van der Waals surface area contributed by atoms with E-state index in [1.807, 2.05) is 79.7 Å². The van der Waals surface area contributed by atoms with Crippen LogP contribution in [0, 0.1) is 6.92 Å². The van der Waals surface area contributed by atoms with Crippen LogP contribution in [0.4, 0.5) is 5.00 Å². The average Bonchev–Trinajstić information content (AvgIpc) is 3.15. The van der Waals surface area contributed by atoms with E-state index in [2.05, 4.69) is 5.32 Å². The van der Waals surface area contributed by atoms with Crippen molar-refractivity contribution < 1.29 is 14.3 Å². The first-order valence-electron chi connectivity index (χ1n) is 10.4. The maximum absolute atomic E-state index is 13.6. The van der Waals surface area contributed by atoms with Crippen molar-refractivity contribution >= 4 is 39.8 Å². The molecule has 0 spiro atoms. The van der Waals surface area contributed by atoms with Crippen molar-refractivity contribution in [2.45, 2.75) is 12.8 Å². The predicted molar refractivity (Wildman–Crippen MR) is 134 cm³/mol. The van der Waals surface area contributed by atoms with Crippen LogP contribution in [0.1, 0.15) is 32.3 Å². The van der Waals surface area contributed by atoms with Crippen molar-refractivity contribution in [3.8, 4) is 11.1 Å². The number of anilines is 1. The van der Waals surface area contributed by atoms with Gasteiger partial charge in [-0.05, 0) is 35.7 Å². The molecule has 166 valence electrons. The van der Waals surface area contributed by atoms with Crippen LogP contribution in [0.3, 0.4) is 0 Å². The number of halogens is 1. The monoisotopic (exact) mass is 475 g/mol. The minimum Gasteiger partial charge on any atom is -0.465 e. The molecule has 0 aliphatic rings.